The van der Waals surface area contributed by atoms with Gasteiger partial charge in [-0.15, -0.1) is 10.2 Å². The van der Waals surface area contributed by atoms with Gasteiger partial charge in [0.15, 0.2) is 11.0 Å². The van der Waals surface area contributed by atoms with E-state index >= 15 is 0 Å². The van der Waals surface area contributed by atoms with E-state index in [0.29, 0.717) is 18.3 Å². The van der Waals surface area contributed by atoms with Crippen LogP contribution in [-0.4, -0.2) is 37.5 Å². The van der Waals surface area contributed by atoms with Gasteiger partial charge in [-0.1, -0.05) is 42.1 Å². The van der Waals surface area contributed by atoms with Gasteiger partial charge < -0.3 is 5.32 Å². The summed E-state index contributed by atoms with van der Waals surface area (Å²) in [7, 11) is 0. The average Bonchev–Trinajstić information content (AvgIpc) is 3.40. The van der Waals surface area contributed by atoms with Gasteiger partial charge in [0.25, 0.3) is 0 Å². The first-order valence-electron chi connectivity index (χ1n) is 8.59. The van der Waals surface area contributed by atoms with Gasteiger partial charge in [-0.3, -0.25) is 14.3 Å². The second-order valence-corrected chi connectivity index (χ2v) is 7.19. The Labute approximate surface area is 156 Å². The van der Waals surface area contributed by atoms with Gasteiger partial charge in [-0.2, -0.15) is 0 Å². The molecule has 7 heteroatoms. The Hall–Kier alpha value is -2.67. The molecular formula is C19H19N5OS. The van der Waals surface area contributed by atoms with Crippen molar-refractivity contribution in [2.24, 2.45) is 0 Å². The van der Waals surface area contributed by atoms with Crippen LogP contribution in [0.3, 0.4) is 0 Å². The fraction of sp³-hybridized carbons (Fsp3) is 0.263. The lowest BCUT2D eigenvalue weighted by Gasteiger charge is -2.10. The van der Waals surface area contributed by atoms with Crippen molar-refractivity contribution in [2.45, 2.75) is 30.6 Å². The van der Waals surface area contributed by atoms with Crippen molar-refractivity contribution >= 4 is 17.7 Å². The molecule has 3 aromatic rings. The van der Waals surface area contributed by atoms with E-state index in [9.17, 15) is 4.79 Å². The molecule has 1 amide bonds. The molecule has 0 atom stereocenters. The van der Waals surface area contributed by atoms with Crippen LogP contribution in [0.15, 0.2) is 60.0 Å². The Morgan fingerprint density at radius 3 is 2.62 bits per heavy atom. The van der Waals surface area contributed by atoms with E-state index in [-0.39, 0.29) is 5.91 Å². The topological polar surface area (TPSA) is 72.7 Å². The maximum absolute atomic E-state index is 12.0. The van der Waals surface area contributed by atoms with Crippen LogP contribution < -0.4 is 5.32 Å². The maximum atomic E-state index is 12.0. The monoisotopic (exact) mass is 365 g/mol. The van der Waals surface area contributed by atoms with Crippen LogP contribution in [0.4, 0.5) is 0 Å². The van der Waals surface area contributed by atoms with E-state index in [1.165, 1.54) is 11.8 Å². The third-order valence-corrected chi connectivity index (χ3v) is 5.08. The highest BCUT2D eigenvalue weighted by Gasteiger charge is 2.23. The number of nitrogens with zero attached hydrogens (tertiary/aromatic N) is 4. The smallest absolute Gasteiger partial charge is 0.230 e. The molecule has 0 aliphatic heterocycles. The first kappa shape index (κ1) is 16.8. The Balaban J connectivity index is 1.58. The van der Waals surface area contributed by atoms with Crippen molar-refractivity contribution < 1.29 is 4.79 Å². The van der Waals surface area contributed by atoms with E-state index in [1.807, 2.05) is 30.3 Å². The van der Waals surface area contributed by atoms with Gasteiger partial charge in [0.2, 0.25) is 5.91 Å². The summed E-state index contributed by atoms with van der Waals surface area (Å²) in [6.45, 7) is 0.651. The molecule has 1 fully saturated rings. The van der Waals surface area contributed by atoms with Gasteiger partial charge in [0.1, 0.15) is 0 Å². The van der Waals surface area contributed by atoms with Crippen LogP contribution in [-0.2, 0) is 11.3 Å². The number of carbonyl (C=O) groups excluding carboxylic acids is 1. The normalized spacial score (nSPS) is 13.5. The standard InChI is InChI=1S/C19H19N5OS/c25-17(21-16-6-7-16)13-26-19-23-22-18(15-8-10-20-11-9-15)24(19)12-14-4-2-1-3-5-14/h1-5,8-11,16H,6-7,12-13H2,(H,21,25). The Morgan fingerprint density at radius 2 is 1.88 bits per heavy atom. The minimum atomic E-state index is 0.0530. The van der Waals surface area contributed by atoms with Crippen molar-refractivity contribution in [3.05, 3.63) is 60.4 Å². The number of hydrogen-bond donors (Lipinski definition) is 1. The second kappa shape index (κ2) is 7.70. The fourth-order valence-electron chi connectivity index (χ4n) is 2.65. The number of thioether (sulfide) groups is 1. The Morgan fingerprint density at radius 1 is 1.12 bits per heavy atom. The SMILES string of the molecule is O=C(CSc1nnc(-c2ccncc2)n1Cc1ccccc1)NC1CC1. The van der Waals surface area contributed by atoms with Crippen molar-refractivity contribution in [1.82, 2.24) is 25.1 Å². The molecule has 1 aliphatic rings. The number of amides is 1. The highest BCUT2D eigenvalue weighted by atomic mass is 32.2. The van der Waals surface area contributed by atoms with Crippen LogP contribution in [0.2, 0.25) is 0 Å². The maximum Gasteiger partial charge on any atom is 0.230 e. The lowest BCUT2D eigenvalue weighted by atomic mass is 10.2. The molecule has 1 saturated carbocycles. The van der Waals surface area contributed by atoms with Crippen LogP contribution >= 0.6 is 11.8 Å². The molecular weight excluding hydrogens is 346 g/mol. The summed E-state index contributed by atoms with van der Waals surface area (Å²) in [5, 5.41) is 12.4. The number of aromatic nitrogens is 4. The second-order valence-electron chi connectivity index (χ2n) is 6.24. The van der Waals surface area contributed by atoms with E-state index in [0.717, 1.165) is 34.9 Å². The number of benzene rings is 1. The summed E-state index contributed by atoms with van der Waals surface area (Å²) in [6.07, 6.45) is 5.67. The molecule has 2 aromatic heterocycles. The van der Waals surface area contributed by atoms with E-state index in [1.54, 1.807) is 12.4 Å². The first-order chi connectivity index (χ1) is 12.8. The quantitative estimate of drug-likeness (QED) is 0.652. The van der Waals surface area contributed by atoms with Crippen LogP contribution in [0.5, 0.6) is 0 Å². The highest BCUT2D eigenvalue weighted by molar-refractivity contribution is 7.99. The zero-order valence-electron chi connectivity index (χ0n) is 14.2. The van der Waals surface area contributed by atoms with E-state index < -0.39 is 0 Å². The third kappa shape index (κ3) is 4.11. The highest BCUT2D eigenvalue weighted by Crippen LogP contribution is 2.25. The van der Waals surface area contributed by atoms with Crippen LogP contribution in [0.25, 0.3) is 11.4 Å². The number of rotatable bonds is 7. The average molecular weight is 365 g/mol. The molecule has 0 unspecified atom stereocenters. The summed E-state index contributed by atoms with van der Waals surface area (Å²) < 4.78 is 2.06. The minimum Gasteiger partial charge on any atom is -0.353 e. The first-order valence-corrected chi connectivity index (χ1v) is 9.58. The van der Waals surface area contributed by atoms with Gasteiger partial charge in [-0.05, 0) is 30.5 Å². The van der Waals surface area contributed by atoms with E-state index in [4.69, 9.17) is 0 Å². The van der Waals surface area contributed by atoms with Crippen molar-refractivity contribution in [3.8, 4) is 11.4 Å². The molecule has 132 valence electrons. The molecule has 0 radical (unpaired) electrons. The number of pyridine rings is 1. The lowest BCUT2D eigenvalue weighted by Crippen LogP contribution is -2.27. The largest absolute Gasteiger partial charge is 0.353 e. The Bertz CT molecular complexity index is 877. The summed E-state index contributed by atoms with van der Waals surface area (Å²) in [4.78, 5) is 16.1. The lowest BCUT2D eigenvalue weighted by molar-refractivity contribution is -0.118. The number of hydrogen-bond acceptors (Lipinski definition) is 5. The van der Waals surface area contributed by atoms with Gasteiger partial charge >= 0.3 is 0 Å². The molecule has 0 bridgehead atoms. The molecule has 1 N–H and O–H groups in total. The van der Waals surface area contributed by atoms with Gasteiger partial charge in [0.05, 0.1) is 12.3 Å². The number of nitrogens with one attached hydrogen (secondary N) is 1. The summed E-state index contributed by atoms with van der Waals surface area (Å²) in [5.41, 5.74) is 2.12. The van der Waals surface area contributed by atoms with Gasteiger partial charge in [-0.25, -0.2) is 0 Å². The Kier molecular flexibility index (Phi) is 4.97. The predicted molar refractivity (Wildman–Crippen MR) is 101 cm³/mol. The van der Waals surface area contributed by atoms with E-state index in [2.05, 4.69) is 37.2 Å². The van der Waals surface area contributed by atoms with Crippen molar-refractivity contribution in [1.29, 1.82) is 0 Å². The zero-order valence-corrected chi connectivity index (χ0v) is 15.0. The summed E-state index contributed by atoms with van der Waals surface area (Å²) >= 11 is 1.42. The summed E-state index contributed by atoms with van der Waals surface area (Å²) in [5.74, 6) is 1.18. The van der Waals surface area contributed by atoms with Gasteiger partial charge in [0, 0.05) is 24.0 Å². The molecule has 6 nitrogen and oxygen atoms in total. The van der Waals surface area contributed by atoms with Crippen LogP contribution in [0.1, 0.15) is 18.4 Å². The minimum absolute atomic E-state index is 0.0530. The van der Waals surface area contributed by atoms with Crippen molar-refractivity contribution in [2.75, 3.05) is 5.75 Å². The molecule has 2 heterocycles. The molecule has 26 heavy (non-hydrogen) atoms. The fourth-order valence-corrected chi connectivity index (χ4v) is 3.39. The predicted octanol–water partition coefficient (Wildman–Crippen LogP) is 2.76. The molecule has 1 aromatic carbocycles. The molecule has 4 rings (SSSR count). The molecule has 1 aliphatic carbocycles. The summed E-state index contributed by atoms with van der Waals surface area (Å²) in [6, 6.07) is 14.4. The molecule has 0 saturated heterocycles. The van der Waals surface area contributed by atoms with Crippen molar-refractivity contribution in [3.63, 3.8) is 0 Å². The zero-order chi connectivity index (χ0) is 17.8. The molecule has 0 spiro atoms. The number of carbonyl (C=O) groups is 1. The van der Waals surface area contributed by atoms with Crippen LogP contribution in [0, 0.1) is 0 Å². The third-order valence-electron chi connectivity index (χ3n) is 4.11.